The molecule has 0 heterocycles. The lowest BCUT2D eigenvalue weighted by Crippen LogP contribution is -2.04. The van der Waals surface area contributed by atoms with Gasteiger partial charge in [0.15, 0.2) is 0 Å². The lowest BCUT2D eigenvalue weighted by atomic mass is 10.1. The Kier molecular flexibility index (Phi) is 51.4. The number of rotatable bonds is 42. The summed E-state index contributed by atoms with van der Waals surface area (Å²) < 4.78 is 4.64. The van der Waals surface area contributed by atoms with E-state index in [4.69, 9.17) is 5.11 Å². The second-order valence-corrected chi connectivity index (χ2v) is 16.6. The number of unbranched alkanes of at least 4 members (excludes halogenated alkanes) is 12. The maximum absolute atomic E-state index is 11.0. The van der Waals surface area contributed by atoms with E-state index in [9.17, 15) is 30.0 Å². The zero-order valence-electron chi connectivity index (χ0n) is 41.1. The van der Waals surface area contributed by atoms with Gasteiger partial charge < -0.3 is 30.3 Å². The average Bonchev–Trinajstić information content (AvgIpc) is 3.28. The van der Waals surface area contributed by atoms with Gasteiger partial charge in [-0.2, -0.15) is 0 Å². The Balaban J connectivity index is 0. The number of carboxylic acids is 1. The van der Waals surface area contributed by atoms with Crippen LogP contribution >= 0.6 is 0 Å². The first kappa shape index (κ1) is 63.3. The molecule has 0 saturated carbocycles. The summed E-state index contributed by atoms with van der Waals surface area (Å²) in [5, 5.41) is 47.5. The van der Waals surface area contributed by atoms with Gasteiger partial charge in [0, 0.05) is 12.8 Å². The fourth-order valence-electron chi connectivity index (χ4n) is 6.47. The first-order valence-corrected chi connectivity index (χ1v) is 25.2. The van der Waals surface area contributed by atoms with Crippen LogP contribution in [0.4, 0.5) is 0 Å². The molecule has 0 bridgehead atoms. The fraction of sp³-hybridized carbons (Fsp3) is 0.614. The third kappa shape index (κ3) is 56.2. The van der Waals surface area contributed by atoms with Crippen LogP contribution in [0, 0.1) is 0 Å². The van der Waals surface area contributed by atoms with Crippen LogP contribution in [-0.2, 0) is 14.3 Å². The third-order valence-electron chi connectivity index (χ3n) is 10.3. The van der Waals surface area contributed by atoms with Crippen LogP contribution in [0.2, 0.25) is 0 Å². The number of hydrogen-bond acceptors (Lipinski definition) is 7. The number of carbonyl (C=O) groups excluding carboxylic acids is 1. The van der Waals surface area contributed by atoms with Gasteiger partial charge in [0.1, 0.15) is 0 Å². The summed E-state index contributed by atoms with van der Waals surface area (Å²) in [4.78, 5) is 21.4. The van der Waals surface area contributed by atoms with Crippen LogP contribution in [0.25, 0.3) is 0 Å². The predicted octanol–water partition coefficient (Wildman–Crippen LogP) is 14.2. The summed E-state index contributed by atoms with van der Waals surface area (Å²) in [6.07, 6.45) is 65.8. The standard InChI is InChI=1S/C29H48O4.C28H46O4/c1-3-22-27(30)24-21-25-28(31)23-19-17-15-13-11-9-7-5-4-6-8-10-12-14-16-18-20-26-29(32)33-2;1-2-21-26(29)23-20-24-27(30)22-18-16-14-12-10-8-6-4-3-5-7-9-11-13-15-17-19-25-28(31)32/h4,6-7,9,13,15,19,21,23,25,27-28,30-31H,3,5,8,10-12,14,16-18,20,22,24,26H2,1-2H3;3,5-6,8,12,14,18,20,22,24,26-27,29-30H,2,4,7,9-11,13,15-17,19,21,23,25H2,1H3,(H,31,32)/b6-4-,9-7-,15-13-,23-19-,25-21-;5-3-,8-6-,14-12-,22-18-,24-20-. The molecule has 0 radical (unpaired) electrons. The van der Waals surface area contributed by atoms with Crippen molar-refractivity contribution in [2.45, 2.75) is 218 Å². The van der Waals surface area contributed by atoms with E-state index >= 15 is 0 Å². The molecule has 0 fully saturated rings. The number of methoxy groups -OCH3 is 1. The molecule has 0 spiro atoms. The van der Waals surface area contributed by atoms with E-state index in [2.05, 4.69) is 84.6 Å². The van der Waals surface area contributed by atoms with Crippen molar-refractivity contribution >= 4 is 11.9 Å². The Bertz CT molecular complexity index is 1360. The van der Waals surface area contributed by atoms with Crippen LogP contribution in [0.15, 0.2) is 122 Å². The number of allylic oxidation sites excluding steroid dienone is 14. The second kappa shape index (κ2) is 52.8. The van der Waals surface area contributed by atoms with Crippen LogP contribution in [0.3, 0.4) is 0 Å². The Morgan fingerprint density at radius 3 is 1.08 bits per heavy atom. The summed E-state index contributed by atoms with van der Waals surface area (Å²) in [5.41, 5.74) is 0. The zero-order valence-corrected chi connectivity index (χ0v) is 41.1. The lowest BCUT2D eigenvalue weighted by molar-refractivity contribution is -0.141. The van der Waals surface area contributed by atoms with Gasteiger partial charge in [-0.25, -0.2) is 0 Å². The molecule has 4 atom stereocenters. The van der Waals surface area contributed by atoms with Gasteiger partial charge in [0.25, 0.3) is 0 Å². The highest BCUT2D eigenvalue weighted by Gasteiger charge is 2.01. The SMILES string of the molecule is CCCC(O)C/C=C\C(O)/C=C\C/C=C\C/C=C\C/C=C\CCCCCCCCC(=O)O.CCCC(O)C/C=C\C(O)/C=C\C/C=C\C/C=C\C/C=C\CCCCCCCCC(=O)OC. The second-order valence-electron chi connectivity index (χ2n) is 16.6. The number of esters is 1. The fourth-order valence-corrected chi connectivity index (χ4v) is 6.47. The molecule has 0 saturated heterocycles. The Hall–Kier alpha value is -3.82. The van der Waals surface area contributed by atoms with E-state index in [0.29, 0.717) is 25.7 Å². The normalized spacial score (nSPS) is 14.5. The minimum Gasteiger partial charge on any atom is -0.481 e. The highest BCUT2D eigenvalue weighted by atomic mass is 16.5. The van der Waals surface area contributed by atoms with Crippen molar-refractivity contribution in [3.63, 3.8) is 0 Å². The Morgan fingerprint density at radius 1 is 0.415 bits per heavy atom. The van der Waals surface area contributed by atoms with Crippen LogP contribution < -0.4 is 0 Å². The van der Waals surface area contributed by atoms with Crippen molar-refractivity contribution in [3.8, 4) is 0 Å². The van der Waals surface area contributed by atoms with E-state index in [1.165, 1.54) is 52.1 Å². The minimum absolute atomic E-state index is 0.0987. The average molecular weight is 907 g/mol. The maximum atomic E-state index is 11.0. The van der Waals surface area contributed by atoms with E-state index in [-0.39, 0.29) is 18.2 Å². The highest BCUT2D eigenvalue weighted by Crippen LogP contribution is 2.11. The predicted molar refractivity (Wildman–Crippen MR) is 276 cm³/mol. The third-order valence-corrected chi connectivity index (χ3v) is 10.3. The molecule has 0 aliphatic heterocycles. The number of carboxylic acid groups (broad SMARTS) is 1. The highest BCUT2D eigenvalue weighted by molar-refractivity contribution is 5.69. The molecular formula is C57H94O8. The van der Waals surface area contributed by atoms with Crippen molar-refractivity contribution in [3.05, 3.63) is 122 Å². The smallest absolute Gasteiger partial charge is 0.305 e. The number of aliphatic hydroxyl groups is 4. The van der Waals surface area contributed by atoms with E-state index in [0.717, 1.165) is 109 Å². The van der Waals surface area contributed by atoms with Gasteiger partial charge in [-0.15, -0.1) is 0 Å². The first-order valence-electron chi connectivity index (χ1n) is 25.2. The Labute approximate surface area is 397 Å². The number of hydrogen-bond donors (Lipinski definition) is 5. The van der Waals surface area contributed by atoms with E-state index in [1.807, 2.05) is 31.2 Å². The molecule has 65 heavy (non-hydrogen) atoms. The molecule has 4 unspecified atom stereocenters. The molecule has 370 valence electrons. The first-order chi connectivity index (χ1) is 31.7. The van der Waals surface area contributed by atoms with Gasteiger partial charge >= 0.3 is 11.9 Å². The van der Waals surface area contributed by atoms with E-state index in [1.54, 1.807) is 24.3 Å². The number of carbonyl (C=O) groups is 2. The molecule has 5 N–H and O–H groups in total. The molecule has 0 rings (SSSR count). The largest absolute Gasteiger partial charge is 0.481 e. The van der Waals surface area contributed by atoms with E-state index < -0.39 is 18.2 Å². The molecule has 0 aromatic carbocycles. The molecular weight excluding hydrogens is 813 g/mol. The van der Waals surface area contributed by atoms with Crippen LogP contribution in [0.5, 0.6) is 0 Å². The van der Waals surface area contributed by atoms with Crippen molar-refractivity contribution in [1.82, 2.24) is 0 Å². The van der Waals surface area contributed by atoms with Gasteiger partial charge in [0.2, 0.25) is 0 Å². The number of aliphatic carboxylic acids is 1. The topological polar surface area (TPSA) is 145 Å². The van der Waals surface area contributed by atoms with Gasteiger partial charge in [0.05, 0.1) is 31.5 Å². The van der Waals surface area contributed by atoms with Crippen molar-refractivity contribution in [2.75, 3.05) is 7.11 Å². The van der Waals surface area contributed by atoms with Crippen molar-refractivity contribution < 1.29 is 39.9 Å². The van der Waals surface area contributed by atoms with Crippen molar-refractivity contribution in [2.24, 2.45) is 0 Å². The molecule has 0 aliphatic rings. The molecule has 0 amide bonds. The summed E-state index contributed by atoms with van der Waals surface area (Å²) in [7, 11) is 1.45. The molecule has 0 aliphatic carbocycles. The monoisotopic (exact) mass is 907 g/mol. The summed E-state index contributed by atoms with van der Waals surface area (Å²) in [6, 6.07) is 0. The minimum atomic E-state index is -0.687. The molecule has 8 nitrogen and oxygen atoms in total. The van der Waals surface area contributed by atoms with Gasteiger partial charge in [-0.05, 0) is 103 Å². The van der Waals surface area contributed by atoms with Gasteiger partial charge in [-0.1, -0.05) is 200 Å². The van der Waals surface area contributed by atoms with Crippen LogP contribution in [-0.4, -0.2) is 69.0 Å². The summed E-state index contributed by atoms with van der Waals surface area (Å²) >= 11 is 0. The van der Waals surface area contributed by atoms with Crippen molar-refractivity contribution in [1.29, 1.82) is 0 Å². The van der Waals surface area contributed by atoms with Crippen LogP contribution in [0.1, 0.15) is 194 Å². The lowest BCUT2D eigenvalue weighted by Gasteiger charge is -2.05. The molecule has 0 aromatic heterocycles. The van der Waals surface area contributed by atoms with Gasteiger partial charge in [-0.3, -0.25) is 9.59 Å². The summed E-state index contributed by atoms with van der Waals surface area (Å²) in [6.45, 7) is 4.10. The molecule has 0 aromatic rings. The summed E-state index contributed by atoms with van der Waals surface area (Å²) in [5.74, 6) is -0.785. The molecule has 8 heteroatoms. The number of aliphatic hydroxyl groups excluding tert-OH is 4. The quantitative estimate of drug-likeness (QED) is 0.0231. The number of ether oxygens (including phenoxy) is 1. The maximum Gasteiger partial charge on any atom is 0.305 e. The Morgan fingerprint density at radius 2 is 0.723 bits per heavy atom. The zero-order chi connectivity index (χ0) is 48.1.